The smallest absolute Gasteiger partial charge is 0.268 e. The Morgan fingerprint density at radius 3 is 2.41 bits per heavy atom. The number of pyridine rings is 1. The van der Waals surface area contributed by atoms with Crippen molar-refractivity contribution in [3.8, 4) is 0 Å². The summed E-state index contributed by atoms with van der Waals surface area (Å²) in [6.45, 7) is 0.224. The summed E-state index contributed by atoms with van der Waals surface area (Å²) in [7, 11) is 0. The van der Waals surface area contributed by atoms with E-state index in [1.165, 1.54) is 16.7 Å². The molecule has 1 aliphatic heterocycles. The highest BCUT2D eigenvalue weighted by Crippen LogP contribution is 2.38. The molecular weight excluding hydrogens is 360 g/mol. The lowest BCUT2D eigenvalue weighted by Crippen LogP contribution is -2.30. The molecule has 0 bridgehead atoms. The van der Waals surface area contributed by atoms with E-state index < -0.39 is 0 Å². The summed E-state index contributed by atoms with van der Waals surface area (Å²) < 4.78 is 5.36. The lowest BCUT2D eigenvalue weighted by molar-refractivity contribution is -0.137. The minimum Gasteiger partial charge on any atom is -0.468 e. The summed E-state index contributed by atoms with van der Waals surface area (Å²) in [4.78, 5) is 31.9. The number of benzene rings is 1. The van der Waals surface area contributed by atoms with Crippen LogP contribution >= 0.6 is 11.8 Å². The molecule has 3 aromatic rings. The Kier molecular flexibility index (Phi) is 4.89. The minimum atomic E-state index is -0.273. The largest absolute Gasteiger partial charge is 0.468 e. The Bertz CT molecular complexity index is 983. The molecule has 0 N–H and O–H groups in total. The van der Waals surface area contributed by atoms with Crippen molar-refractivity contribution < 1.29 is 14.0 Å². The Morgan fingerprint density at radius 2 is 1.70 bits per heavy atom. The molecule has 1 aromatic carbocycles. The molecular formula is C21H16N2O3S. The molecule has 0 saturated heterocycles. The number of carbonyl (C=O) groups excluding carboxylic acids is 2. The maximum absolute atomic E-state index is 13.1. The third kappa shape index (κ3) is 3.57. The van der Waals surface area contributed by atoms with Crippen molar-refractivity contribution in [2.24, 2.45) is 0 Å². The molecule has 0 radical (unpaired) electrons. The summed E-state index contributed by atoms with van der Waals surface area (Å²) in [6, 6.07) is 16.6. The van der Waals surface area contributed by atoms with E-state index in [9.17, 15) is 9.59 Å². The fraction of sp³-hybridized carbons (Fsp3) is 0.0952. The zero-order valence-electron chi connectivity index (χ0n) is 14.4. The number of aromatic nitrogens is 1. The van der Waals surface area contributed by atoms with E-state index in [0.29, 0.717) is 16.2 Å². The maximum Gasteiger partial charge on any atom is 0.268 e. The number of furan rings is 1. The number of imide groups is 1. The molecule has 5 nitrogen and oxygen atoms in total. The second-order valence-corrected chi connectivity index (χ2v) is 6.98. The van der Waals surface area contributed by atoms with Crippen LogP contribution < -0.4 is 0 Å². The van der Waals surface area contributed by atoms with E-state index in [1.54, 1.807) is 36.9 Å². The van der Waals surface area contributed by atoms with Gasteiger partial charge in [-0.3, -0.25) is 19.5 Å². The van der Waals surface area contributed by atoms with Crippen LogP contribution in [0.2, 0.25) is 0 Å². The molecule has 3 heterocycles. The molecule has 0 atom stereocenters. The SMILES string of the molecule is O=C1C(SCc2ccco2)=C(c2ccccc2)C(=O)N1Cc1ccncc1. The summed E-state index contributed by atoms with van der Waals surface area (Å²) in [5.74, 6) is 0.700. The Hall–Kier alpha value is -3.12. The van der Waals surface area contributed by atoms with Crippen molar-refractivity contribution >= 4 is 29.1 Å². The molecule has 27 heavy (non-hydrogen) atoms. The number of amides is 2. The normalized spacial score (nSPS) is 14.3. The lowest BCUT2D eigenvalue weighted by atomic mass is 10.1. The van der Waals surface area contributed by atoms with Crippen LogP contribution in [0, 0.1) is 0 Å². The van der Waals surface area contributed by atoms with Crippen LogP contribution in [0.25, 0.3) is 5.57 Å². The first-order valence-corrected chi connectivity index (χ1v) is 9.42. The van der Waals surface area contributed by atoms with Gasteiger partial charge in [0.05, 0.1) is 29.0 Å². The summed E-state index contributed by atoms with van der Waals surface area (Å²) in [5.41, 5.74) is 2.05. The first-order chi connectivity index (χ1) is 13.2. The fourth-order valence-corrected chi connectivity index (χ4v) is 3.93. The molecule has 0 unspecified atom stereocenters. The zero-order valence-corrected chi connectivity index (χ0v) is 15.2. The Morgan fingerprint density at radius 1 is 0.926 bits per heavy atom. The number of hydrogen-bond acceptors (Lipinski definition) is 5. The number of hydrogen-bond donors (Lipinski definition) is 0. The molecule has 0 saturated carbocycles. The molecule has 0 fully saturated rings. The van der Waals surface area contributed by atoms with E-state index >= 15 is 0 Å². The highest BCUT2D eigenvalue weighted by Gasteiger charge is 2.39. The van der Waals surface area contributed by atoms with Gasteiger partial charge in [0.25, 0.3) is 11.8 Å². The van der Waals surface area contributed by atoms with E-state index in [2.05, 4.69) is 4.98 Å². The molecule has 0 spiro atoms. The average molecular weight is 376 g/mol. The van der Waals surface area contributed by atoms with Gasteiger partial charge in [0.1, 0.15) is 5.76 Å². The van der Waals surface area contributed by atoms with Gasteiger partial charge in [-0.25, -0.2) is 0 Å². The summed E-state index contributed by atoms with van der Waals surface area (Å²) in [6.07, 6.45) is 4.90. The van der Waals surface area contributed by atoms with Crippen LogP contribution in [0.4, 0.5) is 0 Å². The van der Waals surface area contributed by atoms with Gasteiger partial charge >= 0.3 is 0 Å². The van der Waals surface area contributed by atoms with Crippen molar-refractivity contribution in [3.05, 3.63) is 95.0 Å². The number of carbonyl (C=O) groups is 2. The van der Waals surface area contributed by atoms with Gasteiger partial charge in [-0.15, -0.1) is 11.8 Å². The molecule has 134 valence electrons. The van der Waals surface area contributed by atoms with E-state index in [4.69, 9.17) is 4.42 Å². The summed E-state index contributed by atoms with van der Waals surface area (Å²) >= 11 is 1.33. The van der Waals surface area contributed by atoms with Crippen molar-refractivity contribution in [3.63, 3.8) is 0 Å². The monoisotopic (exact) mass is 376 g/mol. The molecule has 2 aromatic heterocycles. The quantitative estimate of drug-likeness (QED) is 0.611. The number of thioether (sulfide) groups is 1. The van der Waals surface area contributed by atoms with Crippen LogP contribution in [0.3, 0.4) is 0 Å². The third-order valence-corrected chi connectivity index (χ3v) is 5.31. The van der Waals surface area contributed by atoms with E-state index in [0.717, 1.165) is 16.9 Å². The van der Waals surface area contributed by atoms with Crippen molar-refractivity contribution in [2.75, 3.05) is 0 Å². The molecule has 1 aliphatic rings. The average Bonchev–Trinajstić information content (AvgIpc) is 3.30. The first kappa shape index (κ1) is 17.3. The molecule has 6 heteroatoms. The van der Waals surface area contributed by atoms with Gasteiger partial charge in [0.2, 0.25) is 0 Å². The summed E-state index contributed by atoms with van der Waals surface area (Å²) in [5, 5.41) is 0. The van der Waals surface area contributed by atoms with Gasteiger partial charge in [-0.2, -0.15) is 0 Å². The van der Waals surface area contributed by atoms with Crippen LogP contribution in [0.5, 0.6) is 0 Å². The van der Waals surface area contributed by atoms with Gasteiger partial charge in [-0.05, 0) is 35.4 Å². The van der Waals surface area contributed by atoms with Crippen molar-refractivity contribution in [1.29, 1.82) is 0 Å². The highest BCUT2D eigenvalue weighted by molar-refractivity contribution is 8.03. The molecule has 2 amide bonds. The maximum atomic E-state index is 13.1. The van der Waals surface area contributed by atoms with Gasteiger partial charge < -0.3 is 4.42 Å². The minimum absolute atomic E-state index is 0.224. The predicted octanol–water partition coefficient (Wildman–Crippen LogP) is 3.89. The predicted molar refractivity (Wildman–Crippen MR) is 103 cm³/mol. The second kappa shape index (κ2) is 7.63. The zero-order chi connectivity index (χ0) is 18.6. The van der Waals surface area contributed by atoms with Gasteiger partial charge in [0, 0.05) is 12.4 Å². The highest BCUT2D eigenvalue weighted by atomic mass is 32.2. The number of rotatable bonds is 6. The fourth-order valence-electron chi connectivity index (χ4n) is 2.90. The standard InChI is InChI=1S/C21H16N2O3S/c24-20-18(16-5-2-1-3-6-16)19(27-14-17-7-4-12-26-17)21(25)23(20)13-15-8-10-22-11-9-15/h1-12H,13-14H2. The lowest BCUT2D eigenvalue weighted by Gasteiger charge is -2.15. The number of nitrogens with zero attached hydrogens (tertiary/aromatic N) is 2. The first-order valence-electron chi connectivity index (χ1n) is 8.44. The molecule has 0 aliphatic carbocycles. The topological polar surface area (TPSA) is 63.4 Å². The van der Waals surface area contributed by atoms with E-state index in [-0.39, 0.29) is 18.4 Å². The van der Waals surface area contributed by atoms with Crippen molar-refractivity contribution in [2.45, 2.75) is 12.3 Å². The third-order valence-electron chi connectivity index (χ3n) is 4.22. The van der Waals surface area contributed by atoms with Crippen molar-refractivity contribution in [1.82, 2.24) is 9.88 Å². The van der Waals surface area contributed by atoms with Gasteiger partial charge in [0.15, 0.2) is 0 Å². The second-order valence-electron chi connectivity index (χ2n) is 5.99. The van der Waals surface area contributed by atoms with Gasteiger partial charge in [-0.1, -0.05) is 30.3 Å². The van der Waals surface area contributed by atoms with E-state index in [1.807, 2.05) is 36.4 Å². The van der Waals surface area contributed by atoms with Crippen LogP contribution in [-0.2, 0) is 21.9 Å². The van der Waals surface area contributed by atoms with Crippen LogP contribution in [0.1, 0.15) is 16.9 Å². The Balaban J connectivity index is 1.66. The Labute approximate surface area is 160 Å². The van der Waals surface area contributed by atoms with Crippen LogP contribution in [0.15, 0.2) is 82.6 Å². The van der Waals surface area contributed by atoms with Crippen LogP contribution in [-0.4, -0.2) is 21.7 Å². The molecule has 4 rings (SSSR count).